The molecule has 182 valence electrons. The summed E-state index contributed by atoms with van der Waals surface area (Å²) in [6.07, 6.45) is 1.73. The van der Waals surface area contributed by atoms with E-state index in [-0.39, 0.29) is 18.1 Å². The maximum absolute atomic E-state index is 12.7. The fraction of sp³-hybridized carbons (Fsp3) is 0.207. The van der Waals surface area contributed by atoms with Crippen LogP contribution < -0.4 is 10.1 Å². The number of benzene rings is 3. The summed E-state index contributed by atoms with van der Waals surface area (Å²) in [6, 6.07) is 23.7. The van der Waals surface area contributed by atoms with Gasteiger partial charge in [-0.15, -0.1) is 11.3 Å². The third-order valence-corrected chi connectivity index (χ3v) is 6.96. The number of amides is 1. The third kappa shape index (κ3) is 5.31. The van der Waals surface area contributed by atoms with Crippen molar-refractivity contribution in [3.05, 3.63) is 95.8 Å². The molecule has 0 atom stereocenters. The van der Waals surface area contributed by atoms with Crippen LogP contribution in [0.25, 0.3) is 20.8 Å². The van der Waals surface area contributed by atoms with Crippen LogP contribution in [0.1, 0.15) is 42.4 Å². The molecule has 0 spiro atoms. The van der Waals surface area contributed by atoms with Crippen molar-refractivity contribution in [3.8, 4) is 16.3 Å². The number of hydrogen-bond acceptors (Lipinski definition) is 5. The first kappa shape index (κ1) is 23.8. The highest BCUT2D eigenvalue weighted by atomic mass is 32.1. The second kappa shape index (κ2) is 9.59. The summed E-state index contributed by atoms with van der Waals surface area (Å²) in [5, 5.41) is 8.21. The largest absolute Gasteiger partial charge is 0.471 e. The SMILES string of the molecule is Cc1ccc2nc(-c3ccc(NC(=O)c4ccn(COc5ccc(C(C)(C)C)cc5)n4)cc3)sc2c1. The van der Waals surface area contributed by atoms with E-state index in [2.05, 4.69) is 62.4 Å². The highest BCUT2D eigenvalue weighted by molar-refractivity contribution is 7.21. The number of ether oxygens (including phenoxy) is 1. The Morgan fingerprint density at radius 3 is 2.47 bits per heavy atom. The first-order chi connectivity index (χ1) is 17.2. The van der Waals surface area contributed by atoms with Crippen LogP contribution in [0.3, 0.4) is 0 Å². The highest BCUT2D eigenvalue weighted by Crippen LogP contribution is 2.31. The van der Waals surface area contributed by atoms with E-state index in [9.17, 15) is 4.79 Å². The van der Waals surface area contributed by atoms with Crippen molar-refractivity contribution in [3.63, 3.8) is 0 Å². The van der Waals surface area contributed by atoms with Crippen molar-refractivity contribution >= 4 is 33.1 Å². The topological polar surface area (TPSA) is 69.0 Å². The summed E-state index contributed by atoms with van der Waals surface area (Å²) >= 11 is 1.67. The lowest BCUT2D eigenvalue weighted by atomic mass is 9.87. The van der Waals surface area contributed by atoms with Gasteiger partial charge in [0.25, 0.3) is 5.91 Å². The Kier molecular flexibility index (Phi) is 6.33. The third-order valence-electron chi connectivity index (χ3n) is 5.89. The molecule has 0 aliphatic heterocycles. The summed E-state index contributed by atoms with van der Waals surface area (Å²) in [4.78, 5) is 17.4. The zero-order valence-electron chi connectivity index (χ0n) is 20.8. The fourth-order valence-electron chi connectivity index (χ4n) is 3.79. The predicted molar refractivity (Wildman–Crippen MR) is 146 cm³/mol. The molecule has 0 fully saturated rings. The molecule has 0 unspecified atom stereocenters. The fourth-order valence-corrected chi connectivity index (χ4v) is 4.86. The number of fused-ring (bicyclic) bond motifs is 1. The van der Waals surface area contributed by atoms with Crippen LogP contribution in [0, 0.1) is 6.92 Å². The molecular formula is C29H28N4O2S. The van der Waals surface area contributed by atoms with Gasteiger partial charge in [0.2, 0.25) is 0 Å². The second-order valence-electron chi connectivity index (χ2n) is 9.81. The molecule has 0 bridgehead atoms. The quantitative estimate of drug-likeness (QED) is 0.273. The van der Waals surface area contributed by atoms with E-state index in [1.165, 1.54) is 15.8 Å². The molecule has 0 saturated carbocycles. The predicted octanol–water partition coefficient (Wildman–Crippen LogP) is 7.05. The second-order valence-corrected chi connectivity index (χ2v) is 10.8. The van der Waals surface area contributed by atoms with Crippen molar-refractivity contribution in [1.82, 2.24) is 14.8 Å². The monoisotopic (exact) mass is 496 g/mol. The Labute approximate surface area is 214 Å². The standard InChI is InChI=1S/C29H28N4O2S/c1-19-5-14-24-26(17-19)36-28(31-24)20-6-10-22(11-7-20)30-27(34)25-15-16-33(32-25)18-35-23-12-8-21(9-13-23)29(2,3)4/h5-17H,18H2,1-4H3,(H,30,34). The molecule has 1 amide bonds. The Morgan fingerprint density at radius 2 is 1.75 bits per heavy atom. The average Bonchev–Trinajstić information content (AvgIpc) is 3.50. The van der Waals surface area contributed by atoms with Crippen LogP contribution in [-0.2, 0) is 12.1 Å². The first-order valence-electron chi connectivity index (χ1n) is 11.8. The van der Waals surface area contributed by atoms with Gasteiger partial charge in [0.05, 0.1) is 10.2 Å². The van der Waals surface area contributed by atoms with E-state index in [1.807, 2.05) is 42.5 Å². The Balaban J connectivity index is 1.19. The van der Waals surface area contributed by atoms with Gasteiger partial charge in [-0.1, -0.05) is 39.0 Å². The van der Waals surface area contributed by atoms with E-state index in [0.717, 1.165) is 21.8 Å². The number of nitrogens with zero attached hydrogens (tertiary/aromatic N) is 3. The van der Waals surface area contributed by atoms with Gasteiger partial charge >= 0.3 is 0 Å². The van der Waals surface area contributed by atoms with Gasteiger partial charge in [0, 0.05) is 17.4 Å². The van der Waals surface area contributed by atoms with Gasteiger partial charge in [0.15, 0.2) is 12.4 Å². The number of nitrogens with one attached hydrogen (secondary N) is 1. The van der Waals surface area contributed by atoms with E-state index < -0.39 is 0 Å². The van der Waals surface area contributed by atoms with Crippen molar-refractivity contribution < 1.29 is 9.53 Å². The van der Waals surface area contributed by atoms with Gasteiger partial charge in [-0.2, -0.15) is 5.10 Å². The number of carbonyl (C=O) groups is 1. The number of carbonyl (C=O) groups excluding carboxylic acids is 1. The molecule has 7 heteroatoms. The Morgan fingerprint density at radius 1 is 1.00 bits per heavy atom. The van der Waals surface area contributed by atoms with Crippen molar-refractivity contribution in [2.45, 2.75) is 39.8 Å². The molecule has 2 aromatic heterocycles. The van der Waals surface area contributed by atoms with E-state index in [4.69, 9.17) is 9.72 Å². The smallest absolute Gasteiger partial charge is 0.276 e. The Hall–Kier alpha value is -3.97. The molecule has 2 heterocycles. The summed E-state index contributed by atoms with van der Waals surface area (Å²) in [7, 11) is 0. The zero-order chi connectivity index (χ0) is 25.3. The lowest BCUT2D eigenvalue weighted by Crippen LogP contribution is -2.14. The van der Waals surface area contributed by atoms with Gasteiger partial charge in [0.1, 0.15) is 10.8 Å². The van der Waals surface area contributed by atoms with Gasteiger partial charge < -0.3 is 10.1 Å². The molecule has 0 aliphatic rings. The highest BCUT2D eigenvalue weighted by Gasteiger charge is 2.14. The van der Waals surface area contributed by atoms with E-state index in [1.54, 1.807) is 28.3 Å². The molecule has 3 aromatic carbocycles. The van der Waals surface area contributed by atoms with Crippen LogP contribution in [0.2, 0.25) is 0 Å². The van der Waals surface area contributed by atoms with Crippen LogP contribution in [0.5, 0.6) is 5.75 Å². The number of hydrogen-bond donors (Lipinski definition) is 1. The summed E-state index contributed by atoms with van der Waals surface area (Å²) in [6.45, 7) is 8.83. The van der Waals surface area contributed by atoms with Crippen LogP contribution in [0.4, 0.5) is 5.69 Å². The molecule has 0 aliphatic carbocycles. The van der Waals surface area contributed by atoms with E-state index >= 15 is 0 Å². The van der Waals surface area contributed by atoms with Gasteiger partial charge in [-0.3, -0.25) is 4.79 Å². The number of anilines is 1. The van der Waals surface area contributed by atoms with Gasteiger partial charge in [-0.25, -0.2) is 9.67 Å². The first-order valence-corrected chi connectivity index (χ1v) is 12.6. The number of aryl methyl sites for hydroxylation is 1. The molecule has 1 N–H and O–H groups in total. The molecule has 5 aromatic rings. The number of thiazole rings is 1. The van der Waals surface area contributed by atoms with Gasteiger partial charge in [-0.05, 0) is 78.1 Å². The lowest BCUT2D eigenvalue weighted by Gasteiger charge is -2.19. The zero-order valence-corrected chi connectivity index (χ0v) is 21.6. The molecule has 36 heavy (non-hydrogen) atoms. The summed E-state index contributed by atoms with van der Waals surface area (Å²) < 4.78 is 8.59. The number of aromatic nitrogens is 3. The van der Waals surface area contributed by atoms with E-state index in [0.29, 0.717) is 11.4 Å². The summed E-state index contributed by atoms with van der Waals surface area (Å²) in [5.41, 5.74) is 5.61. The molecular weight excluding hydrogens is 468 g/mol. The van der Waals surface area contributed by atoms with Crippen LogP contribution in [0.15, 0.2) is 79.0 Å². The average molecular weight is 497 g/mol. The Bertz CT molecular complexity index is 1510. The van der Waals surface area contributed by atoms with Crippen molar-refractivity contribution in [2.75, 3.05) is 5.32 Å². The minimum Gasteiger partial charge on any atom is -0.471 e. The normalized spacial score (nSPS) is 11.6. The van der Waals surface area contributed by atoms with Crippen LogP contribution in [-0.4, -0.2) is 20.7 Å². The lowest BCUT2D eigenvalue weighted by molar-refractivity contribution is 0.102. The maximum Gasteiger partial charge on any atom is 0.276 e. The van der Waals surface area contributed by atoms with Crippen molar-refractivity contribution in [2.24, 2.45) is 0 Å². The number of rotatable bonds is 6. The molecule has 6 nitrogen and oxygen atoms in total. The summed E-state index contributed by atoms with van der Waals surface area (Å²) in [5.74, 6) is 0.486. The molecule has 5 rings (SSSR count). The maximum atomic E-state index is 12.7. The van der Waals surface area contributed by atoms with Crippen LogP contribution >= 0.6 is 11.3 Å². The molecule has 0 radical (unpaired) electrons. The minimum atomic E-state index is -0.272. The molecule has 0 saturated heterocycles. The van der Waals surface area contributed by atoms with Crippen molar-refractivity contribution in [1.29, 1.82) is 0 Å². The minimum absolute atomic E-state index is 0.0950.